The lowest BCUT2D eigenvalue weighted by Crippen LogP contribution is -1.98. The van der Waals surface area contributed by atoms with Gasteiger partial charge in [0.15, 0.2) is 0 Å². The lowest BCUT2D eigenvalue weighted by molar-refractivity contribution is -0.0796. The minimum atomic E-state index is -4.30. The van der Waals surface area contributed by atoms with E-state index in [0.717, 1.165) is 0 Å². The predicted molar refractivity (Wildman–Crippen MR) is 24.6 cm³/mol. The van der Waals surface area contributed by atoms with E-state index in [1.165, 1.54) is 0 Å². The Kier molecular flexibility index (Phi) is 2.66. The summed E-state index contributed by atoms with van der Waals surface area (Å²) in [6, 6.07) is 0. The molecule has 46 valence electrons. The van der Waals surface area contributed by atoms with E-state index >= 15 is 0 Å². The van der Waals surface area contributed by atoms with Gasteiger partial charge < -0.3 is 0 Å². The number of allylic oxidation sites excluding steroid dienone is 1. The van der Waals surface area contributed by atoms with Crippen LogP contribution in [0.1, 0.15) is 0 Å². The Morgan fingerprint density at radius 2 is 1.88 bits per heavy atom. The fourth-order valence-corrected chi connectivity index (χ4v) is 0.189. The summed E-state index contributed by atoms with van der Waals surface area (Å²) in [6.45, 7) is 0. The standard InChI is InChI=1S/C4H2ClF3/c5-3-1-2-4(6,7)8/h2-3H. The third kappa shape index (κ3) is 5.60. The van der Waals surface area contributed by atoms with Crippen molar-refractivity contribution in [2.45, 2.75) is 6.18 Å². The second kappa shape index (κ2) is 2.80. The number of alkyl halides is 3. The number of hydrogen-bond acceptors (Lipinski definition) is 0. The van der Waals surface area contributed by atoms with Crippen molar-refractivity contribution in [2.75, 3.05) is 0 Å². The van der Waals surface area contributed by atoms with Crippen LogP contribution in [0.5, 0.6) is 0 Å². The topological polar surface area (TPSA) is 0 Å². The number of halogens is 4. The average Bonchev–Trinajstić information content (AvgIpc) is 1.59. The summed E-state index contributed by atoms with van der Waals surface area (Å²) in [6.07, 6.45) is -4.37. The maximum absolute atomic E-state index is 11.0. The molecule has 0 bridgehead atoms. The molecule has 0 saturated carbocycles. The Hall–Kier alpha value is -0.400. The van der Waals surface area contributed by atoms with Crippen molar-refractivity contribution in [3.8, 4) is 0 Å². The molecule has 0 heterocycles. The van der Waals surface area contributed by atoms with Gasteiger partial charge in [-0.25, -0.2) is 0 Å². The lowest BCUT2D eigenvalue weighted by atomic mass is 10.6. The highest BCUT2D eigenvalue weighted by Gasteiger charge is 2.21. The monoisotopic (exact) mass is 142 g/mol. The molecule has 0 saturated heterocycles. The summed E-state index contributed by atoms with van der Waals surface area (Å²) in [4.78, 5) is 0. The normalized spacial score (nSPS) is 10.0. The molecule has 0 aromatic rings. The third-order valence-electron chi connectivity index (χ3n) is 0.310. The predicted octanol–water partition coefficient (Wildman–Crippen LogP) is 2.46. The number of hydrogen-bond donors (Lipinski definition) is 0. The van der Waals surface area contributed by atoms with Gasteiger partial charge in [0.05, 0.1) is 6.08 Å². The summed E-state index contributed by atoms with van der Waals surface area (Å²) in [7, 11) is 0. The summed E-state index contributed by atoms with van der Waals surface area (Å²) in [5.74, 6) is 0. The molecule has 4 heteroatoms. The first kappa shape index (κ1) is 7.60. The molecule has 0 aliphatic rings. The first-order valence-corrected chi connectivity index (χ1v) is 2.09. The van der Waals surface area contributed by atoms with Crippen molar-refractivity contribution in [1.82, 2.24) is 0 Å². The van der Waals surface area contributed by atoms with Crippen LogP contribution in [0.2, 0.25) is 0 Å². The molecule has 0 unspecified atom stereocenters. The van der Waals surface area contributed by atoms with Crippen molar-refractivity contribution >= 4 is 11.6 Å². The lowest BCUT2D eigenvalue weighted by Gasteiger charge is -1.91. The molecular weight excluding hydrogens is 140 g/mol. The van der Waals surface area contributed by atoms with Crippen LogP contribution in [0.4, 0.5) is 13.2 Å². The van der Waals surface area contributed by atoms with E-state index in [9.17, 15) is 13.2 Å². The van der Waals surface area contributed by atoms with E-state index in [1.54, 1.807) is 5.73 Å². The van der Waals surface area contributed by atoms with E-state index in [0.29, 0.717) is 5.54 Å². The first-order valence-electron chi connectivity index (χ1n) is 1.65. The molecule has 0 aliphatic heterocycles. The van der Waals surface area contributed by atoms with Crippen molar-refractivity contribution in [2.24, 2.45) is 0 Å². The van der Waals surface area contributed by atoms with Crippen LogP contribution in [-0.2, 0) is 0 Å². The largest absolute Gasteiger partial charge is 0.416 e. The highest BCUT2D eigenvalue weighted by atomic mass is 35.5. The molecule has 8 heavy (non-hydrogen) atoms. The van der Waals surface area contributed by atoms with Crippen LogP contribution in [-0.4, -0.2) is 6.18 Å². The summed E-state index contributed by atoms with van der Waals surface area (Å²) < 4.78 is 33.1. The molecular formula is C4H2ClF3. The molecule has 0 atom stereocenters. The van der Waals surface area contributed by atoms with Crippen LogP contribution in [0.25, 0.3) is 0 Å². The highest BCUT2D eigenvalue weighted by Crippen LogP contribution is 2.14. The van der Waals surface area contributed by atoms with Gasteiger partial charge in [0.1, 0.15) is 0 Å². The fourth-order valence-electron chi connectivity index (χ4n) is 0.126. The smallest absolute Gasteiger partial charge is 0.166 e. The molecule has 0 spiro atoms. The first-order chi connectivity index (χ1) is 3.56. The van der Waals surface area contributed by atoms with Gasteiger partial charge in [0.2, 0.25) is 0 Å². The summed E-state index contributed by atoms with van der Waals surface area (Å²) in [5, 5.41) is 0. The molecule has 0 N–H and O–H groups in total. The van der Waals surface area contributed by atoms with E-state index in [2.05, 4.69) is 0 Å². The van der Waals surface area contributed by atoms with Crippen LogP contribution < -0.4 is 0 Å². The minimum Gasteiger partial charge on any atom is -0.166 e. The van der Waals surface area contributed by atoms with Gasteiger partial charge in [-0.2, -0.15) is 13.2 Å². The molecule has 0 nitrogen and oxygen atoms in total. The van der Waals surface area contributed by atoms with Crippen molar-refractivity contribution in [3.05, 3.63) is 17.3 Å². The van der Waals surface area contributed by atoms with Crippen molar-refractivity contribution < 1.29 is 13.2 Å². The van der Waals surface area contributed by atoms with Crippen molar-refractivity contribution in [3.63, 3.8) is 0 Å². The Labute approximate surface area is 49.3 Å². The van der Waals surface area contributed by atoms with E-state index < -0.39 is 6.18 Å². The Morgan fingerprint density at radius 3 is 2.00 bits per heavy atom. The number of rotatable bonds is 0. The summed E-state index contributed by atoms with van der Waals surface area (Å²) >= 11 is 4.74. The van der Waals surface area contributed by atoms with Gasteiger partial charge in [-0.15, -0.1) is 5.73 Å². The van der Waals surface area contributed by atoms with Gasteiger partial charge in [0.25, 0.3) is 0 Å². The minimum absolute atomic E-state index is 0.0694. The second-order valence-corrected chi connectivity index (χ2v) is 1.18. The highest BCUT2D eigenvalue weighted by molar-refractivity contribution is 6.25. The van der Waals surface area contributed by atoms with Crippen LogP contribution in [0.3, 0.4) is 0 Å². The Bertz CT molecular complexity index is 118. The van der Waals surface area contributed by atoms with Crippen molar-refractivity contribution in [1.29, 1.82) is 0 Å². The van der Waals surface area contributed by atoms with Crippen LogP contribution in [0.15, 0.2) is 17.3 Å². The van der Waals surface area contributed by atoms with Crippen LogP contribution in [0, 0.1) is 0 Å². The van der Waals surface area contributed by atoms with Gasteiger partial charge in [-0.3, -0.25) is 0 Å². The van der Waals surface area contributed by atoms with Gasteiger partial charge in [-0.05, 0) is 0 Å². The maximum Gasteiger partial charge on any atom is 0.416 e. The Balaban J connectivity index is 3.89. The summed E-state index contributed by atoms with van der Waals surface area (Å²) in [5.41, 5.74) is 2.35. The molecule has 0 rings (SSSR count). The van der Waals surface area contributed by atoms with Crippen LogP contribution >= 0.6 is 11.6 Å². The maximum atomic E-state index is 11.0. The zero-order valence-electron chi connectivity index (χ0n) is 3.67. The molecule has 0 radical (unpaired) electrons. The third-order valence-corrected chi connectivity index (χ3v) is 0.436. The fraction of sp³-hybridized carbons (Fsp3) is 0.250. The van der Waals surface area contributed by atoms with Gasteiger partial charge >= 0.3 is 6.18 Å². The quantitative estimate of drug-likeness (QED) is 0.456. The van der Waals surface area contributed by atoms with E-state index in [-0.39, 0.29) is 6.08 Å². The molecule has 0 aromatic heterocycles. The molecule has 0 amide bonds. The van der Waals surface area contributed by atoms with Gasteiger partial charge in [-0.1, -0.05) is 11.6 Å². The van der Waals surface area contributed by atoms with Gasteiger partial charge in [0, 0.05) is 5.54 Å². The molecule has 0 aromatic carbocycles. The average molecular weight is 143 g/mol. The molecule has 0 aliphatic carbocycles. The Morgan fingerprint density at radius 1 is 1.38 bits per heavy atom. The zero-order chi connectivity index (χ0) is 6.62. The second-order valence-electron chi connectivity index (χ2n) is 0.962. The zero-order valence-corrected chi connectivity index (χ0v) is 4.42. The van der Waals surface area contributed by atoms with E-state index in [4.69, 9.17) is 11.6 Å². The SMILES string of the molecule is FC(F)(F)C=C=CCl. The molecule has 0 fully saturated rings. The van der Waals surface area contributed by atoms with E-state index in [1.807, 2.05) is 0 Å².